The number of thiazole rings is 1. The van der Waals surface area contributed by atoms with Gasteiger partial charge in [0, 0.05) is 21.0 Å². The van der Waals surface area contributed by atoms with Crippen LogP contribution >= 0.6 is 39.0 Å². The Morgan fingerprint density at radius 3 is 2.15 bits per heavy atom. The third-order valence-corrected chi connectivity index (χ3v) is 12.1. The maximum Gasteiger partial charge on any atom is 0.308 e. The van der Waals surface area contributed by atoms with Gasteiger partial charge in [-0.15, -0.1) is 0 Å². The Kier molecular flexibility index (Phi) is 8.38. The smallest absolute Gasteiger partial charge is 0.308 e. The highest BCUT2D eigenvalue weighted by Gasteiger charge is 2.56. The number of halogens is 1. The number of sulfonamides is 1. The molecule has 3 amide bonds. The second-order valence-electron chi connectivity index (χ2n) is 12.1. The lowest BCUT2D eigenvalue weighted by atomic mass is 9.81. The molecule has 3 aromatic carbocycles. The van der Waals surface area contributed by atoms with E-state index in [1.807, 2.05) is 24.3 Å². The van der Waals surface area contributed by atoms with E-state index in [2.05, 4.69) is 42.0 Å². The minimum absolute atomic E-state index is 0.103. The summed E-state index contributed by atoms with van der Waals surface area (Å²) in [5.74, 6) is -2.58. The third-order valence-electron chi connectivity index (χ3n) is 8.04. The van der Waals surface area contributed by atoms with E-state index in [1.54, 1.807) is 24.3 Å². The lowest BCUT2D eigenvalue weighted by Gasteiger charge is -2.31. The van der Waals surface area contributed by atoms with Gasteiger partial charge >= 0.3 is 4.87 Å². The number of nitrogens with one attached hydrogen (secondary N) is 1. The molecule has 14 heteroatoms. The molecule has 1 saturated heterocycles. The molecule has 2 aliphatic heterocycles. The number of thioether (sulfide) groups is 1. The Bertz CT molecular complexity index is 2030. The van der Waals surface area contributed by atoms with Crippen LogP contribution in [0, 0.1) is 5.92 Å². The normalized spacial score (nSPS) is 19.6. The molecule has 1 fully saturated rings. The van der Waals surface area contributed by atoms with Crippen LogP contribution in [-0.4, -0.2) is 36.0 Å². The van der Waals surface area contributed by atoms with Gasteiger partial charge in [0.1, 0.15) is 11.8 Å². The summed E-state index contributed by atoms with van der Waals surface area (Å²) >= 11 is 5.51. The SMILES string of the molecule is CC(C)(C)c1ccc([C@@H]2c3sc(=O)n(CC(=O)Nc4ccc(S(N)(=O)=O)cc4)c3S[C@H]3C(=O)N(c4ccc(Br)cc4)C(=O)[C@@H]23)cc1. The van der Waals surface area contributed by atoms with Gasteiger partial charge in [-0.3, -0.25) is 23.7 Å². The molecule has 0 unspecified atom stereocenters. The van der Waals surface area contributed by atoms with Crippen molar-refractivity contribution in [2.45, 2.75) is 53.8 Å². The van der Waals surface area contributed by atoms with Crippen molar-refractivity contribution in [2.75, 3.05) is 10.2 Å². The molecular weight excluding hydrogens is 712 g/mol. The second kappa shape index (κ2) is 11.9. The Labute approximate surface area is 282 Å². The van der Waals surface area contributed by atoms with E-state index in [-0.39, 0.29) is 28.7 Å². The molecule has 2 aliphatic rings. The average Bonchev–Trinajstić information content (AvgIpc) is 3.43. The summed E-state index contributed by atoms with van der Waals surface area (Å²) in [6.07, 6.45) is 0. The largest absolute Gasteiger partial charge is 0.325 e. The fourth-order valence-corrected chi connectivity index (χ4v) is 9.27. The maximum atomic E-state index is 14.1. The molecule has 3 atom stereocenters. The van der Waals surface area contributed by atoms with Crippen molar-refractivity contribution in [1.82, 2.24) is 4.57 Å². The van der Waals surface area contributed by atoms with Crippen LogP contribution in [0.5, 0.6) is 0 Å². The number of carbonyl (C=O) groups is 3. The van der Waals surface area contributed by atoms with E-state index < -0.39 is 37.9 Å². The number of carbonyl (C=O) groups excluding carboxylic acids is 3. The number of nitrogens with two attached hydrogens (primary N) is 1. The predicted molar refractivity (Wildman–Crippen MR) is 182 cm³/mol. The summed E-state index contributed by atoms with van der Waals surface area (Å²) in [5, 5.41) is 7.49. The quantitative estimate of drug-likeness (QED) is 0.263. The van der Waals surface area contributed by atoms with Gasteiger partial charge in [0.25, 0.3) is 0 Å². The molecule has 238 valence electrons. The Hall–Kier alpha value is -3.56. The van der Waals surface area contributed by atoms with E-state index in [1.165, 1.54) is 33.7 Å². The first-order valence-corrected chi connectivity index (χ1v) is 18.2. The lowest BCUT2D eigenvalue weighted by molar-refractivity contribution is -0.122. The van der Waals surface area contributed by atoms with Crippen LogP contribution in [0.2, 0.25) is 0 Å². The summed E-state index contributed by atoms with van der Waals surface area (Å²) in [4.78, 5) is 56.0. The third kappa shape index (κ3) is 5.99. The van der Waals surface area contributed by atoms with Gasteiger partial charge in [0.05, 0.1) is 21.5 Å². The molecule has 0 radical (unpaired) electrons. The first-order chi connectivity index (χ1) is 21.6. The summed E-state index contributed by atoms with van der Waals surface area (Å²) < 4.78 is 25.3. The van der Waals surface area contributed by atoms with Gasteiger partial charge in [-0.2, -0.15) is 0 Å². The monoisotopic (exact) mass is 740 g/mol. The highest BCUT2D eigenvalue weighted by Crippen LogP contribution is 2.54. The molecule has 3 heterocycles. The van der Waals surface area contributed by atoms with E-state index in [0.717, 1.165) is 38.7 Å². The van der Waals surface area contributed by atoms with Gasteiger partial charge in [0.2, 0.25) is 27.7 Å². The number of aromatic nitrogens is 1. The number of benzene rings is 3. The van der Waals surface area contributed by atoms with E-state index in [4.69, 9.17) is 5.14 Å². The molecule has 6 rings (SSSR count). The molecule has 46 heavy (non-hydrogen) atoms. The average molecular weight is 742 g/mol. The standard InChI is InChI=1S/C32H29BrN4O6S3/c1-32(2,3)18-6-4-17(5-7-18)24-25-26(29(40)37(28(25)39)21-12-8-19(33)9-13-21)44-30-27(24)45-31(41)36(30)16-23(38)35-20-10-14-22(15-11-20)46(34,42)43/h4-15,24-26H,16H2,1-3H3,(H,35,38)(H2,34,42,43)/t24-,25-,26+/m0/s1. The van der Waals surface area contributed by atoms with Crippen molar-refractivity contribution >= 4 is 78.1 Å². The molecule has 10 nitrogen and oxygen atoms in total. The predicted octanol–water partition coefficient (Wildman–Crippen LogP) is 5.05. The molecule has 0 saturated carbocycles. The van der Waals surface area contributed by atoms with Gasteiger partial charge in [0.15, 0.2) is 0 Å². The number of fused-ring (bicyclic) bond motifs is 2. The van der Waals surface area contributed by atoms with Crippen molar-refractivity contribution in [3.8, 4) is 0 Å². The number of rotatable bonds is 6. The molecular formula is C32H29BrN4O6S3. The minimum Gasteiger partial charge on any atom is -0.325 e. The van der Waals surface area contributed by atoms with Crippen LogP contribution in [0.3, 0.4) is 0 Å². The zero-order valence-corrected chi connectivity index (χ0v) is 28.9. The zero-order chi connectivity index (χ0) is 33.1. The van der Waals surface area contributed by atoms with E-state index >= 15 is 0 Å². The van der Waals surface area contributed by atoms with Gasteiger partial charge in [-0.05, 0) is 65.1 Å². The number of imide groups is 1. The second-order valence-corrected chi connectivity index (χ2v) is 16.7. The molecule has 3 N–H and O–H groups in total. The van der Waals surface area contributed by atoms with Crippen molar-refractivity contribution in [2.24, 2.45) is 11.1 Å². The van der Waals surface area contributed by atoms with Gasteiger partial charge in [-0.1, -0.05) is 84.1 Å². The lowest BCUT2D eigenvalue weighted by Crippen LogP contribution is -2.33. The topological polar surface area (TPSA) is 149 Å². The van der Waals surface area contributed by atoms with Crippen molar-refractivity contribution in [3.05, 3.63) is 103 Å². The number of nitrogens with zero attached hydrogens (tertiary/aromatic N) is 2. The molecule has 0 aliphatic carbocycles. The fourth-order valence-electron chi connectivity index (χ4n) is 5.72. The molecule has 4 aromatic rings. The van der Waals surface area contributed by atoms with Crippen LogP contribution in [0.4, 0.5) is 11.4 Å². The summed E-state index contributed by atoms with van der Waals surface area (Å²) in [7, 11) is -3.90. The van der Waals surface area contributed by atoms with Crippen molar-refractivity contribution in [1.29, 1.82) is 0 Å². The zero-order valence-electron chi connectivity index (χ0n) is 24.9. The van der Waals surface area contributed by atoms with Gasteiger partial charge < -0.3 is 5.32 Å². The summed E-state index contributed by atoms with van der Waals surface area (Å²) in [5.41, 5.74) is 2.58. The molecule has 0 spiro atoms. The summed E-state index contributed by atoms with van der Waals surface area (Å²) in [6, 6.07) is 20.2. The molecule has 0 bridgehead atoms. The Morgan fingerprint density at radius 1 is 0.935 bits per heavy atom. The summed E-state index contributed by atoms with van der Waals surface area (Å²) in [6.45, 7) is 5.97. The fraction of sp³-hybridized carbons (Fsp3) is 0.250. The first kappa shape index (κ1) is 32.4. The van der Waals surface area contributed by atoms with Crippen molar-refractivity contribution in [3.63, 3.8) is 0 Å². The van der Waals surface area contributed by atoms with Crippen LogP contribution in [-0.2, 0) is 36.4 Å². The Balaban J connectivity index is 1.38. The number of hydrogen-bond donors (Lipinski definition) is 2. The molecule has 1 aromatic heterocycles. The maximum absolute atomic E-state index is 14.1. The van der Waals surface area contributed by atoms with Crippen LogP contribution in [0.25, 0.3) is 0 Å². The van der Waals surface area contributed by atoms with Crippen LogP contribution in [0.15, 0.2) is 92.0 Å². The number of hydrogen-bond acceptors (Lipinski definition) is 8. The highest BCUT2D eigenvalue weighted by molar-refractivity contribution is 9.10. The van der Waals surface area contributed by atoms with Crippen molar-refractivity contribution < 1.29 is 22.8 Å². The van der Waals surface area contributed by atoms with Crippen LogP contribution < -0.4 is 20.2 Å². The van der Waals surface area contributed by atoms with Crippen LogP contribution in [0.1, 0.15) is 42.7 Å². The van der Waals surface area contributed by atoms with E-state index in [9.17, 15) is 27.6 Å². The number of primary sulfonamides is 1. The highest BCUT2D eigenvalue weighted by atomic mass is 79.9. The number of anilines is 2. The van der Waals surface area contributed by atoms with E-state index in [0.29, 0.717) is 21.3 Å². The first-order valence-electron chi connectivity index (χ1n) is 14.2. The Morgan fingerprint density at radius 2 is 1.57 bits per heavy atom. The van der Waals surface area contributed by atoms with Gasteiger partial charge in [-0.25, -0.2) is 18.5 Å². The minimum atomic E-state index is -3.90. The number of amides is 3.